The van der Waals surface area contributed by atoms with Crippen LogP contribution in [0.15, 0.2) is 18.6 Å². The van der Waals surface area contributed by atoms with Crippen LogP contribution in [0.5, 0.6) is 0 Å². The van der Waals surface area contributed by atoms with Crippen molar-refractivity contribution in [1.82, 2.24) is 19.7 Å². The maximum atomic E-state index is 5.99. The highest BCUT2D eigenvalue weighted by atomic mass is 32.1. The lowest BCUT2D eigenvalue weighted by molar-refractivity contribution is 0.0286. The molecule has 0 amide bonds. The Balaban J connectivity index is 1.94. The molecule has 0 radical (unpaired) electrons. The lowest BCUT2D eigenvalue weighted by atomic mass is 10.0. The summed E-state index contributed by atoms with van der Waals surface area (Å²) < 4.78 is 7.77. The Bertz CT molecular complexity index is 684. The Labute approximate surface area is 121 Å². The molecule has 2 aromatic rings. The maximum absolute atomic E-state index is 5.99. The van der Waals surface area contributed by atoms with E-state index in [2.05, 4.69) is 15.1 Å². The van der Waals surface area contributed by atoms with Crippen LogP contribution in [0, 0.1) is 0 Å². The predicted octanol–water partition coefficient (Wildman–Crippen LogP) is 1.07. The van der Waals surface area contributed by atoms with Gasteiger partial charge in [-0.05, 0) is 12.8 Å². The summed E-state index contributed by atoms with van der Waals surface area (Å²) in [7, 11) is 0. The van der Waals surface area contributed by atoms with Crippen molar-refractivity contribution in [2.24, 2.45) is 5.73 Å². The standard InChI is InChI=1S/C13H13N5OS/c14-13(20)11-8-5-7-1-2-9(19-7)12(8)18(17-11)10-6-15-3-4-16-10/h3-4,6-7,9H,1-2,5H2,(H2,14,20). The molecule has 0 spiro atoms. The molecule has 2 aromatic heterocycles. The molecule has 2 atom stereocenters. The predicted molar refractivity (Wildman–Crippen MR) is 75.6 cm³/mol. The third kappa shape index (κ3) is 1.66. The van der Waals surface area contributed by atoms with Crippen molar-refractivity contribution in [3.05, 3.63) is 35.5 Å². The topological polar surface area (TPSA) is 78.9 Å². The quantitative estimate of drug-likeness (QED) is 0.832. The molecule has 2 bridgehead atoms. The van der Waals surface area contributed by atoms with Crippen LogP contribution in [-0.2, 0) is 11.2 Å². The van der Waals surface area contributed by atoms with Crippen molar-refractivity contribution in [3.63, 3.8) is 0 Å². The third-order valence-electron chi connectivity index (χ3n) is 3.87. The molecule has 2 N–H and O–H groups in total. The van der Waals surface area contributed by atoms with Gasteiger partial charge in [-0.25, -0.2) is 9.67 Å². The Hall–Kier alpha value is -1.86. The van der Waals surface area contributed by atoms with Gasteiger partial charge in [-0.2, -0.15) is 5.10 Å². The fourth-order valence-corrected chi connectivity index (χ4v) is 3.22. The van der Waals surface area contributed by atoms with Gasteiger partial charge in [0.25, 0.3) is 0 Å². The number of nitrogens with two attached hydrogens (primary N) is 1. The van der Waals surface area contributed by atoms with Crippen molar-refractivity contribution < 1.29 is 4.74 Å². The summed E-state index contributed by atoms with van der Waals surface area (Å²) >= 11 is 5.13. The van der Waals surface area contributed by atoms with E-state index in [0.29, 0.717) is 16.5 Å². The minimum atomic E-state index is 0.0568. The molecule has 0 aliphatic carbocycles. The first-order chi connectivity index (χ1) is 9.74. The fourth-order valence-electron chi connectivity index (χ4n) is 3.05. The summed E-state index contributed by atoms with van der Waals surface area (Å²) in [5, 5.41) is 4.55. The fraction of sp³-hybridized carbons (Fsp3) is 0.385. The number of fused-ring (bicyclic) bond motifs is 4. The van der Waals surface area contributed by atoms with Crippen LogP contribution in [0.2, 0.25) is 0 Å². The van der Waals surface area contributed by atoms with Gasteiger partial charge in [-0.1, -0.05) is 12.2 Å². The second kappa shape index (κ2) is 4.32. The Morgan fingerprint density at radius 2 is 2.30 bits per heavy atom. The van der Waals surface area contributed by atoms with E-state index >= 15 is 0 Å². The summed E-state index contributed by atoms with van der Waals surface area (Å²) in [6, 6.07) is 0. The van der Waals surface area contributed by atoms with Crippen LogP contribution < -0.4 is 5.73 Å². The number of aromatic nitrogens is 4. The first kappa shape index (κ1) is 11.9. The molecule has 1 saturated heterocycles. The van der Waals surface area contributed by atoms with E-state index in [1.165, 1.54) is 0 Å². The van der Waals surface area contributed by atoms with E-state index < -0.39 is 0 Å². The molecular formula is C13H13N5OS. The van der Waals surface area contributed by atoms with Gasteiger partial charge in [-0.15, -0.1) is 0 Å². The monoisotopic (exact) mass is 287 g/mol. The van der Waals surface area contributed by atoms with Crippen molar-refractivity contribution in [2.75, 3.05) is 0 Å². The van der Waals surface area contributed by atoms with Crippen molar-refractivity contribution in [1.29, 1.82) is 0 Å². The van der Waals surface area contributed by atoms with E-state index in [0.717, 1.165) is 30.5 Å². The smallest absolute Gasteiger partial charge is 0.172 e. The summed E-state index contributed by atoms with van der Waals surface area (Å²) in [5.74, 6) is 0.667. The lowest BCUT2D eigenvalue weighted by Crippen LogP contribution is -2.21. The van der Waals surface area contributed by atoms with Gasteiger partial charge in [0.2, 0.25) is 0 Å². The first-order valence-corrected chi connectivity index (χ1v) is 6.98. The average Bonchev–Trinajstić information content (AvgIpc) is 3.03. The van der Waals surface area contributed by atoms with Crippen LogP contribution in [-0.4, -0.2) is 30.8 Å². The lowest BCUT2D eigenvalue weighted by Gasteiger charge is -2.22. The highest BCUT2D eigenvalue weighted by molar-refractivity contribution is 7.80. The number of hydrogen-bond acceptors (Lipinski definition) is 5. The van der Waals surface area contributed by atoms with Gasteiger partial charge in [-0.3, -0.25) is 4.98 Å². The van der Waals surface area contributed by atoms with E-state index in [-0.39, 0.29) is 12.2 Å². The SMILES string of the molecule is NC(=S)c1nn(-c2cnccn2)c2c1CC1CCC2O1. The number of thiocarbonyl (C=S) groups is 1. The molecule has 2 unspecified atom stereocenters. The Kier molecular flexibility index (Phi) is 2.58. The van der Waals surface area contributed by atoms with Crippen LogP contribution in [0.4, 0.5) is 0 Å². The van der Waals surface area contributed by atoms with Crippen molar-refractivity contribution >= 4 is 17.2 Å². The van der Waals surface area contributed by atoms with Gasteiger partial charge < -0.3 is 10.5 Å². The molecule has 2 aliphatic heterocycles. The minimum absolute atomic E-state index is 0.0568. The molecule has 0 saturated carbocycles. The zero-order valence-corrected chi connectivity index (χ0v) is 11.5. The summed E-state index contributed by atoms with van der Waals surface area (Å²) in [5.41, 5.74) is 8.66. The molecule has 6 nitrogen and oxygen atoms in total. The molecule has 102 valence electrons. The highest BCUT2D eigenvalue weighted by Gasteiger charge is 2.39. The number of rotatable bonds is 2. The van der Waals surface area contributed by atoms with Gasteiger partial charge in [0.05, 0.1) is 18.0 Å². The minimum Gasteiger partial charge on any atom is -0.388 e. The van der Waals surface area contributed by atoms with Crippen molar-refractivity contribution in [3.8, 4) is 5.82 Å². The molecule has 4 heterocycles. The normalized spacial score (nSPS) is 23.6. The Morgan fingerprint density at radius 1 is 1.40 bits per heavy atom. The second-order valence-corrected chi connectivity index (χ2v) is 5.52. The summed E-state index contributed by atoms with van der Waals surface area (Å²) in [4.78, 5) is 8.73. The molecular weight excluding hydrogens is 274 g/mol. The molecule has 2 aliphatic rings. The largest absolute Gasteiger partial charge is 0.388 e. The van der Waals surface area contributed by atoms with E-state index in [1.54, 1.807) is 23.3 Å². The van der Waals surface area contributed by atoms with Gasteiger partial charge in [0.15, 0.2) is 5.82 Å². The summed E-state index contributed by atoms with van der Waals surface area (Å²) in [6.45, 7) is 0. The molecule has 20 heavy (non-hydrogen) atoms. The molecule has 0 aromatic carbocycles. The highest BCUT2D eigenvalue weighted by Crippen LogP contribution is 2.42. The van der Waals surface area contributed by atoms with E-state index in [9.17, 15) is 0 Å². The van der Waals surface area contributed by atoms with Crippen LogP contribution >= 0.6 is 12.2 Å². The zero-order valence-electron chi connectivity index (χ0n) is 10.7. The van der Waals surface area contributed by atoms with Gasteiger partial charge in [0, 0.05) is 24.4 Å². The summed E-state index contributed by atoms with van der Waals surface area (Å²) in [6.07, 6.45) is 8.16. The average molecular weight is 287 g/mol. The van der Waals surface area contributed by atoms with E-state index in [4.69, 9.17) is 22.7 Å². The van der Waals surface area contributed by atoms with Crippen molar-refractivity contribution in [2.45, 2.75) is 31.5 Å². The first-order valence-electron chi connectivity index (χ1n) is 6.57. The van der Waals surface area contributed by atoms with Gasteiger partial charge in [0.1, 0.15) is 16.8 Å². The Morgan fingerprint density at radius 3 is 3.05 bits per heavy atom. The zero-order chi connectivity index (χ0) is 13.7. The molecule has 1 fully saturated rings. The maximum Gasteiger partial charge on any atom is 0.172 e. The number of ether oxygens (including phenoxy) is 1. The van der Waals surface area contributed by atoms with Gasteiger partial charge >= 0.3 is 0 Å². The molecule has 4 rings (SSSR count). The third-order valence-corrected chi connectivity index (χ3v) is 4.06. The number of nitrogens with zero attached hydrogens (tertiary/aromatic N) is 4. The van der Waals surface area contributed by atoms with Crippen LogP contribution in [0.3, 0.4) is 0 Å². The van der Waals surface area contributed by atoms with Crippen LogP contribution in [0.25, 0.3) is 5.82 Å². The van der Waals surface area contributed by atoms with Crippen LogP contribution in [0.1, 0.15) is 35.9 Å². The molecule has 7 heteroatoms. The van der Waals surface area contributed by atoms with E-state index in [1.807, 2.05) is 0 Å². The number of hydrogen-bond donors (Lipinski definition) is 1. The second-order valence-electron chi connectivity index (χ2n) is 5.08.